The number of aliphatic hydroxyl groups is 1. The lowest BCUT2D eigenvalue weighted by Crippen LogP contribution is -2.38. The molecular weight excluding hydrogens is 206 g/mol. The fourth-order valence-electron chi connectivity index (χ4n) is 2.17. The van der Waals surface area contributed by atoms with Gasteiger partial charge in [0.15, 0.2) is 0 Å². The van der Waals surface area contributed by atoms with Crippen LogP contribution in [0.4, 0.5) is 0 Å². The van der Waals surface area contributed by atoms with Crippen LogP contribution in [0, 0.1) is 0 Å². The fourth-order valence-corrected chi connectivity index (χ4v) is 2.17. The number of benzene rings is 1. The number of hydrogen-bond donors (Lipinski definition) is 4. The van der Waals surface area contributed by atoms with E-state index in [1.807, 2.05) is 0 Å². The van der Waals surface area contributed by atoms with Gasteiger partial charge >= 0.3 is 0 Å². The Kier molecular flexibility index (Phi) is 3.31. The summed E-state index contributed by atoms with van der Waals surface area (Å²) in [6.07, 6.45) is 2.46. The predicted molar refractivity (Wildman–Crippen MR) is 60.4 cm³/mol. The van der Waals surface area contributed by atoms with Crippen molar-refractivity contribution in [2.24, 2.45) is 0 Å². The molecule has 0 radical (unpaired) electrons. The van der Waals surface area contributed by atoms with Crippen LogP contribution in [0.3, 0.4) is 0 Å². The molecule has 4 heteroatoms. The normalized spacial score (nSPS) is 22.9. The summed E-state index contributed by atoms with van der Waals surface area (Å²) in [6.45, 7) is 0.909. The Hall–Kier alpha value is -1.26. The molecule has 0 spiro atoms. The highest BCUT2D eigenvalue weighted by molar-refractivity contribution is 5.38. The third-order valence-electron chi connectivity index (χ3n) is 3.00. The number of aliphatic hydroxyl groups excluding tert-OH is 1. The average Bonchev–Trinajstić information content (AvgIpc) is 2.28. The number of phenolic OH excluding ortho intramolecular Hbond substituents is 2. The molecule has 1 aliphatic heterocycles. The van der Waals surface area contributed by atoms with E-state index in [1.165, 1.54) is 18.2 Å². The van der Waals surface area contributed by atoms with Crippen molar-refractivity contribution in [1.82, 2.24) is 5.32 Å². The zero-order valence-corrected chi connectivity index (χ0v) is 9.06. The van der Waals surface area contributed by atoms with E-state index in [-0.39, 0.29) is 17.5 Å². The van der Waals surface area contributed by atoms with Crippen molar-refractivity contribution in [3.8, 4) is 11.5 Å². The first-order valence-electron chi connectivity index (χ1n) is 5.61. The van der Waals surface area contributed by atoms with Crippen molar-refractivity contribution in [1.29, 1.82) is 0 Å². The van der Waals surface area contributed by atoms with Crippen LogP contribution in [0.2, 0.25) is 0 Å². The molecule has 88 valence electrons. The molecule has 4 nitrogen and oxygen atoms in total. The summed E-state index contributed by atoms with van der Waals surface area (Å²) in [5, 5.41) is 32.1. The second kappa shape index (κ2) is 4.72. The Morgan fingerprint density at radius 2 is 1.81 bits per heavy atom. The van der Waals surface area contributed by atoms with Crippen molar-refractivity contribution in [2.75, 3.05) is 6.54 Å². The van der Waals surface area contributed by atoms with Gasteiger partial charge in [0, 0.05) is 12.1 Å². The van der Waals surface area contributed by atoms with Crippen molar-refractivity contribution in [3.05, 3.63) is 23.8 Å². The lowest BCUT2D eigenvalue weighted by Gasteiger charge is -2.28. The molecule has 0 saturated carbocycles. The van der Waals surface area contributed by atoms with Crippen LogP contribution in [0.5, 0.6) is 11.5 Å². The van der Waals surface area contributed by atoms with Gasteiger partial charge in [-0.15, -0.1) is 0 Å². The maximum Gasteiger partial charge on any atom is 0.119 e. The van der Waals surface area contributed by atoms with Crippen LogP contribution in [0.25, 0.3) is 0 Å². The van der Waals surface area contributed by atoms with E-state index in [0.29, 0.717) is 5.56 Å². The van der Waals surface area contributed by atoms with E-state index < -0.39 is 6.10 Å². The van der Waals surface area contributed by atoms with E-state index in [9.17, 15) is 15.3 Å². The first kappa shape index (κ1) is 11.2. The van der Waals surface area contributed by atoms with E-state index in [4.69, 9.17) is 0 Å². The standard InChI is InChI=1S/C12H17NO3/c14-9-5-8(6-10(15)7-9)12(16)11-3-1-2-4-13-11/h5-7,11-16H,1-4H2/t11-,12-/m1/s1. The minimum Gasteiger partial charge on any atom is -0.508 e. The zero-order chi connectivity index (χ0) is 11.5. The Balaban J connectivity index is 2.15. The molecule has 1 heterocycles. The van der Waals surface area contributed by atoms with Crippen molar-refractivity contribution >= 4 is 0 Å². The van der Waals surface area contributed by atoms with Gasteiger partial charge in [-0.3, -0.25) is 0 Å². The minimum absolute atomic E-state index is 0.00921. The summed E-state index contributed by atoms with van der Waals surface area (Å²) in [6, 6.07) is 4.24. The highest BCUT2D eigenvalue weighted by atomic mass is 16.3. The van der Waals surface area contributed by atoms with Crippen LogP contribution in [-0.2, 0) is 0 Å². The molecule has 1 fully saturated rings. The summed E-state index contributed by atoms with van der Waals surface area (Å²) in [4.78, 5) is 0. The molecule has 0 amide bonds. The largest absolute Gasteiger partial charge is 0.508 e. The van der Waals surface area contributed by atoms with Crippen LogP contribution in [0.1, 0.15) is 30.9 Å². The summed E-state index contributed by atoms with van der Waals surface area (Å²) in [5.74, 6) is -0.0466. The molecule has 0 unspecified atom stereocenters. The molecule has 2 atom stereocenters. The summed E-state index contributed by atoms with van der Waals surface area (Å²) in [5.41, 5.74) is 0.553. The highest BCUT2D eigenvalue weighted by Gasteiger charge is 2.23. The van der Waals surface area contributed by atoms with Gasteiger partial charge in [-0.05, 0) is 37.1 Å². The van der Waals surface area contributed by atoms with Crippen LogP contribution < -0.4 is 5.32 Å². The average molecular weight is 223 g/mol. The lowest BCUT2D eigenvalue weighted by atomic mass is 9.95. The van der Waals surface area contributed by atoms with Crippen LogP contribution >= 0.6 is 0 Å². The molecule has 2 rings (SSSR count). The van der Waals surface area contributed by atoms with Gasteiger partial charge in [0.05, 0.1) is 6.10 Å². The predicted octanol–water partition coefficient (Wildman–Crippen LogP) is 1.27. The maximum absolute atomic E-state index is 10.1. The Bertz CT molecular complexity index is 341. The zero-order valence-electron chi connectivity index (χ0n) is 9.06. The third-order valence-corrected chi connectivity index (χ3v) is 3.00. The number of aromatic hydroxyl groups is 2. The van der Waals surface area contributed by atoms with E-state index in [2.05, 4.69) is 5.32 Å². The van der Waals surface area contributed by atoms with Crippen molar-refractivity contribution in [2.45, 2.75) is 31.4 Å². The van der Waals surface area contributed by atoms with Crippen molar-refractivity contribution < 1.29 is 15.3 Å². The smallest absolute Gasteiger partial charge is 0.119 e. The molecule has 0 aromatic heterocycles. The number of hydrogen-bond acceptors (Lipinski definition) is 4. The molecule has 16 heavy (non-hydrogen) atoms. The van der Waals surface area contributed by atoms with E-state index >= 15 is 0 Å². The van der Waals surface area contributed by atoms with Gasteiger partial charge in [-0.2, -0.15) is 0 Å². The maximum atomic E-state index is 10.1. The Morgan fingerprint density at radius 1 is 1.12 bits per heavy atom. The number of nitrogens with one attached hydrogen (secondary N) is 1. The fraction of sp³-hybridized carbons (Fsp3) is 0.500. The summed E-state index contributed by atoms with van der Waals surface area (Å²) in [7, 11) is 0. The molecular formula is C12H17NO3. The van der Waals surface area contributed by atoms with Gasteiger partial charge in [-0.25, -0.2) is 0 Å². The monoisotopic (exact) mass is 223 g/mol. The summed E-state index contributed by atoms with van der Waals surface area (Å²) < 4.78 is 0. The van der Waals surface area contributed by atoms with E-state index in [0.717, 1.165) is 25.8 Å². The Morgan fingerprint density at radius 3 is 2.38 bits per heavy atom. The van der Waals surface area contributed by atoms with Gasteiger partial charge in [-0.1, -0.05) is 6.42 Å². The third kappa shape index (κ3) is 2.46. The number of rotatable bonds is 2. The second-order valence-corrected chi connectivity index (χ2v) is 4.28. The van der Waals surface area contributed by atoms with Gasteiger partial charge in [0.2, 0.25) is 0 Å². The molecule has 0 bridgehead atoms. The quantitative estimate of drug-likeness (QED) is 0.609. The molecule has 1 aromatic rings. The molecule has 0 aliphatic carbocycles. The molecule has 1 aromatic carbocycles. The number of piperidine rings is 1. The lowest BCUT2D eigenvalue weighted by molar-refractivity contribution is 0.113. The van der Waals surface area contributed by atoms with Crippen LogP contribution in [-0.4, -0.2) is 27.9 Å². The second-order valence-electron chi connectivity index (χ2n) is 4.28. The van der Waals surface area contributed by atoms with Gasteiger partial charge < -0.3 is 20.6 Å². The molecule has 1 aliphatic rings. The molecule has 1 saturated heterocycles. The van der Waals surface area contributed by atoms with Gasteiger partial charge in [0.25, 0.3) is 0 Å². The van der Waals surface area contributed by atoms with Crippen LogP contribution in [0.15, 0.2) is 18.2 Å². The summed E-state index contributed by atoms with van der Waals surface area (Å²) >= 11 is 0. The molecule has 4 N–H and O–H groups in total. The first-order valence-corrected chi connectivity index (χ1v) is 5.61. The SMILES string of the molecule is Oc1cc(O)cc([C@@H](O)[C@H]2CCCCN2)c1. The minimum atomic E-state index is -0.682. The van der Waals surface area contributed by atoms with Crippen molar-refractivity contribution in [3.63, 3.8) is 0 Å². The van der Waals surface area contributed by atoms with E-state index in [1.54, 1.807) is 0 Å². The first-order chi connectivity index (χ1) is 7.66. The topological polar surface area (TPSA) is 72.7 Å². The Labute approximate surface area is 94.5 Å². The highest BCUT2D eigenvalue weighted by Crippen LogP contribution is 2.28. The van der Waals surface area contributed by atoms with Gasteiger partial charge in [0.1, 0.15) is 11.5 Å². The number of phenols is 2.